The van der Waals surface area contributed by atoms with Gasteiger partial charge in [-0.1, -0.05) is 0 Å². The molecule has 0 bridgehead atoms. The molecule has 12 heteroatoms. The van der Waals surface area contributed by atoms with Crippen molar-refractivity contribution in [3.8, 4) is 0 Å². The van der Waals surface area contributed by atoms with Crippen LogP contribution in [0.1, 0.15) is 0 Å². The Morgan fingerprint density at radius 3 is 0.500 bits per heavy atom. The molecule has 0 radical (unpaired) electrons. The third-order valence-corrected chi connectivity index (χ3v) is 0. The molecule has 54 valence electrons. The Morgan fingerprint density at radius 2 is 0.500 bits per heavy atom. The van der Waals surface area contributed by atoms with Crippen LogP contribution in [0.5, 0.6) is 0 Å². The molecule has 0 heterocycles. The molecule has 0 atom stereocenters. The Morgan fingerprint density at radius 1 is 0.500 bits per heavy atom. The van der Waals surface area contributed by atoms with E-state index in [1.807, 2.05) is 0 Å². The summed E-state index contributed by atoms with van der Waals surface area (Å²) < 4.78 is 0. The maximum Gasteiger partial charge on any atom is 3.00 e. The monoisotopic (exact) mass is 346 g/mol. The van der Waals surface area contributed by atoms with Crippen molar-refractivity contribution in [1.29, 1.82) is 0 Å². The molecule has 0 aromatic carbocycles. The van der Waals surface area contributed by atoms with E-state index in [0.717, 1.165) is 0 Å². The number of hydrogen-bond acceptors (Lipinski definition) is 6. The zero-order valence-electron chi connectivity index (χ0n) is 6.94. The van der Waals surface area contributed by atoms with Crippen molar-refractivity contribution in [3.05, 3.63) is 0 Å². The van der Waals surface area contributed by atoms with E-state index in [9.17, 15) is 0 Å². The molecule has 0 rings (SSSR count). The summed E-state index contributed by atoms with van der Waals surface area (Å²) in [7, 11) is -5.83. The summed E-state index contributed by atoms with van der Waals surface area (Å²) in [6.45, 7) is 0. The van der Waals surface area contributed by atoms with Gasteiger partial charge in [-0.25, -0.2) is 0 Å². The average Bonchev–Trinajstić information content (AvgIpc) is 1.25. The summed E-state index contributed by atoms with van der Waals surface area (Å²) in [6.07, 6.45) is 0. The number of rotatable bonds is 0. The third-order valence-electron chi connectivity index (χ3n) is 0. The fraction of sp³-hybridized carbons (Fsp3) is 0. The Bertz CT molecular complexity index is 36.3. The van der Waals surface area contributed by atoms with Crippen molar-refractivity contribution in [2.24, 2.45) is 0 Å². The van der Waals surface area contributed by atoms with Gasteiger partial charge in [0, 0.05) is 0 Å². The first kappa shape index (κ1) is 36.0. The smallest absolute Gasteiger partial charge is 0.907 e. The fourth-order valence-electron chi connectivity index (χ4n) is 0. The molecule has 0 aliphatic heterocycles. The third kappa shape index (κ3) is 141. The molecule has 0 aromatic heterocycles. The largest absolute Gasteiger partial charge is 3.00 e. The molecule has 0 N–H and O–H groups in total. The molecule has 0 aliphatic rings. The van der Waals surface area contributed by atoms with Crippen molar-refractivity contribution in [1.82, 2.24) is 0 Å². The van der Waals surface area contributed by atoms with Gasteiger partial charge in [0.2, 0.25) is 0 Å². The van der Waals surface area contributed by atoms with Crippen LogP contribution in [0.3, 0.4) is 0 Å². The van der Waals surface area contributed by atoms with E-state index in [-0.39, 0.29) is 127 Å². The molecule has 6 nitrogen and oxygen atoms in total. The van der Waals surface area contributed by atoms with Crippen LogP contribution in [-0.2, 0) is 0 Å². The maximum absolute atomic E-state index is 8.42. The van der Waals surface area contributed by atoms with Gasteiger partial charge >= 0.3 is 127 Å². The molecule has 0 saturated carbocycles. The van der Waals surface area contributed by atoms with Crippen LogP contribution in [0.15, 0.2) is 0 Å². The first-order chi connectivity index (χ1) is 3.46. The van der Waals surface area contributed by atoms with E-state index in [0.29, 0.717) is 0 Å². The van der Waals surface area contributed by atoms with Gasteiger partial charge in [-0.05, 0) is 0 Å². The molecular formula is B2Na3O6Tb. The van der Waals surface area contributed by atoms with Crippen LogP contribution in [-0.4, -0.2) is 14.6 Å². The van der Waals surface area contributed by atoms with E-state index >= 15 is 0 Å². The van der Waals surface area contributed by atoms with E-state index in [2.05, 4.69) is 0 Å². The predicted octanol–water partition coefficient (Wildman–Crippen LogP) is -16.9. The maximum atomic E-state index is 8.42. The van der Waals surface area contributed by atoms with Crippen LogP contribution in [0.2, 0.25) is 0 Å². The van der Waals surface area contributed by atoms with E-state index in [1.54, 1.807) is 0 Å². The number of hydrogen-bond donors (Lipinski definition) is 0. The molecule has 0 spiro atoms. The normalized spacial score (nSPS) is 4.50. The van der Waals surface area contributed by atoms with Gasteiger partial charge in [0.05, 0.1) is 0 Å². The predicted molar refractivity (Wildman–Crippen MR) is 11.5 cm³/mol. The quantitative estimate of drug-likeness (QED) is 0.400. The molecule has 0 aliphatic carbocycles. The van der Waals surface area contributed by atoms with Gasteiger partial charge in [0.25, 0.3) is 0 Å². The van der Waals surface area contributed by atoms with Crippen molar-refractivity contribution >= 4 is 14.6 Å². The molecule has 0 fully saturated rings. The molecule has 12 heavy (non-hydrogen) atoms. The second kappa shape index (κ2) is 29.5. The van der Waals surface area contributed by atoms with Gasteiger partial charge in [-0.3, -0.25) is 14.6 Å². The summed E-state index contributed by atoms with van der Waals surface area (Å²) in [5, 5.41) is 50.5. The first-order valence-corrected chi connectivity index (χ1v) is 1.41. The van der Waals surface area contributed by atoms with Crippen molar-refractivity contribution < 1.29 is 157 Å². The second-order valence-electron chi connectivity index (χ2n) is 0.577. The minimum absolute atomic E-state index is 0. The van der Waals surface area contributed by atoms with E-state index in [4.69, 9.17) is 30.1 Å². The van der Waals surface area contributed by atoms with Gasteiger partial charge in [-0.2, -0.15) is 0 Å². The van der Waals surface area contributed by atoms with Gasteiger partial charge in [-0.15, -0.1) is 0 Å². The van der Waals surface area contributed by atoms with Gasteiger partial charge in [0.15, 0.2) is 0 Å². The minimum Gasteiger partial charge on any atom is -0.907 e. The zero-order valence-corrected chi connectivity index (χ0v) is 15.1. The molecule has 0 amide bonds. The summed E-state index contributed by atoms with van der Waals surface area (Å²) >= 11 is 0. The zero-order chi connectivity index (χ0) is 7.15. The minimum atomic E-state index is -2.92. The van der Waals surface area contributed by atoms with Crippen LogP contribution < -0.4 is 119 Å². The van der Waals surface area contributed by atoms with Crippen molar-refractivity contribution in [2.75, 3.05) is 0 Å². The SMILES string of the molecule is [Na+].[Na+].[Na+].[O-]B([O-])[O-].[O-]B([O-])[O-].[Tb+3]. The van der Waals surface area contributed by atoms with Crippen LogP contribution in [0, 0.1) is 38.6 Å². The molecule has 0 saturated heterocycles. The van der Waals surface area contributed by atoms with Crippen molar-refractivity contribution in [2.45, 2.75) is 0 Å². The fourth-order valence-corrected chi connectivity index (χ4v) is 0. The average molecular weight is 346 g/mol. The van der Waals surface area contributed by atoms with Crippen LogP contribution in [0.25, 0.3) is 0 Å². The van der Waals surface area contributed by atoms with E-state index < -0.39 is 14.6 Å². The topological polar surface area (TPSA) is 138 Å². The standard InChI is InChI=1S/2BO3.3Na.Tb/c2*2-1(3)4;;;;/q2*-3;3*+1;+3. The Labute approximate surface area is 168 Å². The second-order valence-corrected chi connectivity index (χ2v) is 0.577. The summed E-state index contributed by atoms with van der Waals surface area (Å²) in [6, 6.07) is 0. The summed E-state index contributed by atoms with van der Waals surface area (Å²) in [4.78, 5) is 0. The van der Waals surface area contributed by atoms with Crippen molar-refractivity contribution in [3.63, 3.8) is 0 Å². The summed E-state index contributed by atoms with van der Waals surface area (Å²) in [5.74, 6) is 0. The Balaban J connectivity index is -0.0000000112. The van der Waals surface area contributed by atoms with E-state index in [1.165, 1.54) is 0 Å². The van der Waals surface area contributed by atoms with Gasteiger partial charge < -0.3 is 30.1 Å². The molecular weight excluding hydrogens is 346 g/mol. The Hall–Kier alpha value is 4.18. The van der Waals surface area contributed by atoms with Crippen LogP contribution in [0.4, 0.5) is 0 Å². The molecule has 0 unspecified atom stereocenters. The van der Waals surface area contributed by atoms with Gasteiger partial charge in [0.1, 0.15) is 0 Å². The van der Waals surface area contributed by atoms with Crippen LogP contribution >= 0.6 is 0 Å². The molecule has 0 aromatic rings. The Kier molecular flexibility index (Phi) is 88.3. The first-order valence-electron chi connectivity index (χ1n) is 1.41. The summed E-state index contributed by atoms with van der Waals surface area (Å²) in [5.41, 5.74) is 0.